The molecule has 1 aliphatic rings. The first-order valence-electron chi connectivity index (χ1n) is 30.1. The lowest BCUT2D eigenvalue weighted by atomic mass is 9.99. The minimum absolute atomic E-state index is 0.129. The Balaban J connectivity index is 2.72. The van der Waals surface area contributed by atoms with Gasteiger partial charge in [-0.3, -0.25) is 9.59 Å². The second-order valence-electron chi connectivity index (χ2n) is 21.1. The van der Waals surface area contributed by atoms with Gasteiger partial charge in [-0.05, 0) is 51.4 Å². The van der Waals surface area contributed by atoms with Crippen LogP contribution in [0.4, 0.5) is 0 Å². The van der Waals surface area contributed by atoms with E-state index in [4.69, 9.17) is 14.2 Å². The van der Waals surface area contributed by atoms with E-state index in [1.165, 1.54) is 167 Å². The summed E-state index contributed by atoms with van der Waals surface area (Å²) in [6.45, 7) is 5.79. The minimum atomic E-state index is -1.61. The van der Waals surface area contributed by atoms with Crippen LogP contribution in [0.5, 0.6) is 0 Å². The number of nitrogens with one attached hydrogen (secondary N) is 1. The summed E-state index contributed by atoms with van der Waals surface area (Å²) in [6.07, 6.45) is 45.0. The van der Waals surface area contributed by atoms with Gasteiger partial charge >= 0.3 is 5.97 Å². The first-order valence-corrected chi connectivity index (χ1v) is 30.1. The molecule has 0 aliphatic carbocycles. The summed E-state index contributed by atoms with van der Waals surface area (Å²) >= 11 is 0. The molecule has 0 aromatic rings. The van der Waals surface area contributed by atoms with E-state index >= 15 is 0 Å². The van der Waals surface area contributed by atoms with Gasteiger partial charge in [-0.1, -0.05) is 251 Å². The molecule has 6 N–H and O–H groups in total. The van der Waals surface area contributed by atoms with Gasteiger partial charge in [0.1, 0.15) is 24.4 Å². The zero-order valence-corrected chi connectivity index (χ0v) is 46.1. The van der Waals surface area contributed by atoms with Crippen molar-refractivity contribution in [3.8, 4) is 0 Å². The highest BCUT2D eigenvalue weighted by atomic mass is 16.7. The van der Waals surface area contributed by atoms with E-state index in [9.17, 15) is 35.1 Å². The van der Waals surface area contributed by atoms with E-state index in [1.807, 2.05) is 6.08 Å². The lowest BCUT2D eigenvalue weighted by Gasteiger charge is -2.41. The Morgan fingerprint density at radius 1 is 0.535 bits per heavy atom. The molecule has 0 aromatic heterocycles. The van der Waals surface area contributed by atoms with Gasteiger partial charge in [-0.2, -0.15) is 0 Å². The molecule has 1 heterocycles. The molecule has 1 saturated heterocycles. The normalized spacial score (nSPS) is 19.7. The van der Waals surface area contributed by atoms with E-state index < -0.39 is 67.4 Å². The van der Waals surface area contributed by atoms with Gasteiger partial charge in [0.15, 0.2) is 12.4 Å². The predicted octanol–water partition coefficient (Wildman–Crippen LogP) is 13.7. The molecule has 8 unspecified atom stereocenters. The second-order valence-corrected chi connectivity index (χ2v) is 21.1. The monoisotopic (exact) mass is 1010 g/mol. The van der Waals surface area contributed by atoms with Crippen molar-refractivity contribution < 1.29 is 49.3 Å². The summed E-state index contributed by atoms with van der Waals surface area (Å²) in [5, 5.41) is 56.9. The van der Waals surface area contributed by atoms with Gasteiger partial charge in [0, 0.05) is 6.42 Å². The highest BCUT2D eigenvalue weighted by Crippen LogP contribution is 2.26. The zero-order chi connectivity index (χ0) is 51.8. The summed E-state index contributed by atoms with van der Waals surface area (Å²) < 4.78 is 17.6. The third-order valence-electron chi connectivity index (χ3n) is 14.4. The topological polar surface area (TPSA) is 175 Å². The zero-order valence-electron chi connectivity index (χ0n) is 46.1. The largest absolute Gasteiger partial charge is 0.454 e. The number of ether oxygens (including phenoxy) is 3. The van der Waals surface area contributed by atoms with Crippen LogP contribution in [0.25, 0.3) is 0 Å². The number of hydrogen-bond donors (Lipinski definition) is 6. The molecule has 1 amide bonds. The molecule has 0 bridgehead atoms. The van der Waals surface area contributed by atoms with Crippen LogP contribution >= 0.6 is 0 Å². The fourth-order valence-electron chi connectivity index (χ4n) is 9.53. The Labute approximate surface area is 435 Å². The molecular formula is C60H113NO10. The van der Waals surface area contributed by atoms with Gasteiger partial charge < -0.3 is 45.1 Å². The Kier molecular flexibility index (Phi) is 46.4. The molecule has 71 heavy (non-hydrogen) atoms. The summed E-state index contributed by atoms with van der Waals surface area (Å²) in [6, 6.07) is -1.02. The van der Waals surface area contributed by atoms with Crippen molar-refractivity contribution in [2.24, 2.45) is 0 Å². The molecule has 8 atom stereocenters. The van der Waals surface area contributed by atoms with Crippen molar-refractivity contribution in [3.05, 3.63) is 24.3 Å². The van der Waals surface area contributed by atoms with Gasteiger partial charge in [-0.25, -0.2) is 0 Å². The van der Waals surface area contributed by atoms with Crippen LogP contribution in [0.1, 0.15) is 284 Å². The highest BCUT2D eigenvalue weighted by Gasteiger charge is 2.47. The van der Waals surface area contributed by atoms with Gasteiger partial charge in [0.25, 0.3) is 0 Å². The van der Waals surface area contributed by atoms with Crippen LogP contribution in [0, 0.1) is 0 Å². The van der Waals surface area contributed by atoms with Crippen molar-refractivity contribution in [1.29, 1.82) is 0 Å². The number of carbonyl (C=O) groups excluding carboxylic acids is 2. The summed E-state index contributed by atoms with van der Waals surface area (Å²) in [5.74, 6) is -1.19. The molecule has 0 saturated carbocycles. The van der Waals surface area contributed by atoms with Crippen molar-refractivity contribution in [2.45, 2.75) is 333 Å². The molecule has 11 nitrogen and oxygen atoms in total. The second kappa shape index (κ2) is 49.0. The van der Waals surface area contributed by atoms with Crippen LogP contribution in [0.15, 0.2) is 24.3 Å². The Morgan fingerprint density at radius 2 is 0.930 bits per heavy atom. The van der Waals surface area contributed by atoms with Crippen LogP contribution in [-0.2, 0) is 23.8 Å². The minimum Gasteiger partial charge on any atom is -0.454 e. The summed E-state index contributed by atoms with van der Waals surface area (Å²) in [5.41, 5.74) is 0. The van der Waals surface area contributed by atoms with Crippen LogP contribution in [0.2, 0.25) is 0 Å². The smallest absolute Gasteiger partial charge is 0.306 e. The molecule has 0 radical (unpaired) electrons. The molecular weight excluding hydrogens is 895 g/mol. The number of amides is 1. The highest BCUT2D eigenvalue weighted by molar-refractivity contribution is 5.80. The first-order chi connectivity index (χ1) is 34.7. The molecule has 0 spiro atoms. The first kappa shape index (κ1) is 67.2. The molecule has 1 rings (SSSR count). The van der Waals surface area contributed by atoms with Crippen LogP contribution in [0.3, 0.4) is 0 Å². The van der Waals surface area contributed by atoms with E-state index in [2.05, 4.69) is 38.2 Å². The van der Waals surface area contributed by atoms with Crippen molar-refractivity contribution in [2.75, 3.05) is 13.2 Å². The fraction of sp³-hybridized carbons (Fsp3) is 0.900. The molecule has 418 valence electrons. The quantitative estimate of drug-likeness (QED) is 0.0195. The molecule has 11 heteroatoms. The van der Waals surface area contributed by atoms with Gasteiger partial charge in [0.2, 0.25) is 5.91 Å². The molecule has 1 aliphatic heterocycles. The van der Waals surface area contributed by atoms with E-state index in [0.717, 1.165) is 70.6 Å². The Morgan fingerprint density at radius 3 is 1.38 bits per heavy atom. The van der Waals surface area contributed by atoms with Crippen molar-refractivity contribution >= 4 is 11.9 Å². The molecule has 1 fully saturated rings. The Bertz CT molecular complexity index is 1250. The van der Waals surface area contributed by atoms with Gasteiger partial charge in [-0.15, -0.1) is 0 Å². The SMILES string of the molecule is CCCCCC/C=C\CCCCCCCCC(O)C(=O)NC(COC1OC(CO)C(O)C(O)C1OC(=O)CCCCCCCCCCCCCCCCC)C(O)/C=C/CCCCCCCCCCCCC. The average Bonchev–Trinajstić information content (AvgIpc) is 3.37. The number of rotatable bonds is 51. The van der Waals surface area contributed by atoms with E-state index in [-0.39, 0.29) is 19.4 Å². The third-order valence-corrected chi connectivity index (χ3v) is 14.4. The average molecular weight is 1010 g/mol. The van der Waals surface area contributed by atoms with E-state index in [0.29, 0.717) is 12.8 Å². The fourth-order valence-corrected chi connectivity index (χ4v) is 9.53. The van der Waals surface area contributed by atoms with Crippen LogP contribution < -0.4 is 5.32 Å². The Hall–Kier alpha value is -1.86. The lowest BCUT2D eigenvalue weighted by molar-refractivity contribution is -0.305. The predicted molar refractivity (Wildman–Crippen MR) is 292 cm³/mol. The lowest BCUT2D eigenvalue weighted by Crippen LogP contribution is -2.61. The van der Waals surface area contributed by atoms with Gasteiger partial charge in [0.05, 0.1) is 25.4 Å². The molecule has 0 aromatic carbocycles. The standard InChI is InChI=1S/C60H113NO10/c1-4-7-10-13-16-19-22-25-27-30-33-36-39-42-45-48-55(65)71-58-57(67)56(66)54(49-62)70-60(58)69-50-51(52(63)46-43-40-37-34-31-28-24-21-18-15-12-9-6-3)61-59(68)53(64)47-44-41-38-35-32-29-26-23-20-17-14-11-8-5-2/h20,23,43,46,51-54,56-58,60,62-64,66-67H,4-19,21-22,24-42,44-45,47-50H2,1-3H3,(H,61,68)/b23-20-,46-43+. The van der Waals surface area contributed by atoms with Crippen LogP contribution in [-0.4, -0.2) is 99.6 Å². The van der Waals surface area contributed by atoms with E-state index in [1.54, 1.807) is 6.08 Å². The summed E-state index contributed by atoms with van der Waals surface area (Å²) in [4.78, 5) is 26.5. The maximum Gasteiger partial charge on any atom is 0.306 e. The summed E-state index contributed by atoms with van der Waals surface area (Å²) in [7, 11) is 0. The number of esters is 1. The number of carbonyl (C=O) groups is 2. The van der Waals surface area contributed by atoms with Crippen molar-refractivity contribution in [1.82, 2.24) is 5.32 Å². The third kappa shape index (κ3) is 37.5. The van der Waals surface area contributed by atoms with Crippen molar-refractivity contribution in [3.63, 3.8) is 0 Å². The number of aliphatic hydroxyl groups excluding tert-OH is 5. The maximum atomic E-state index is 13.4. The number of hydrogen-bond acceptors (Lipinski definition) is 10. The number of unbranched alkanes of at least 4 members (excludes halogenated alkanes) is 35. The maximum absolute atomic E-state index is 13.4. The number of allylic oxidation sites excluding steroid dienone is 3. The number of aliphatic hydroxyl groups is 5.